The quantitative estimate of drug-likeness (QED) is 0.749. The maximum absolute atomic E-state index is 12.0. The van der Waals surface area contributed by atoms with E-state index < -0.39 is 0 Å². The van der Waals surface area contributed by atoms with Gasteiger partial charge >= 0.3 is 5.97 Å². The molecule has 1 aliphatic heterocycles. The lowest BCUT2D eigenvalue weighted by Gasteiger charge is -2.31. The van der Waals surface area contributed by atoms with E-state index in [4.69, 9.17) is 4.74 Å². The predicted molar refractivity (Wildman–Crippen MR) is 78.8 cm³/mol. The maximum Gasteiger partial charge on any atom is 0.310 e. The van der Waals surface area contributed by atoms with Gasteiger partial charge in [-0.15, -0.1) is 12.4 Å². The van der Waals surface area contributed by atoms with Crippen LogP contribution in [0.2, 0.25) is 0 Å². The molecule has 1 atom stereocenters. The molecule has 1 heterocycles. The monoisotopic (exact) mass is 304 g/mol. The Kier molecular flexibility index (Phi) is 7.30. The molecular formula is C14H25ClN2O3. The van der Waals surface area contributed by atoms with Gasteiger partial charge in [0.15, 0.2) is 0 Å². The molecule has 1 unspecified atom stereocenters. The number of ether oxygens (including phenoxy) is 1. The van der Waals surface area contributed by atoms with Gasteiger partial charge in [0.1, 0.15) is 0 Å². The Labute approximate surface area is 126 Å². The predicted octanol–water partition coefficient (Wildman–Crippen LogP) is 1.21. The molecule has 116 valence electrons. The number of carbonyl (C=O) groups is 2. The molecule has 0 bridgehead atoms. The number of esters is 1. The summed E-state index contributed by atoms with van der Waals surface area (Å²) in [4.78, 5) is 25.5. The Morgan fingerprint density at radius 1 is 1.30 bits per heavy atom. The molecule has 1 N–H and O–H groups in total. The Bertz CT molecular complexity index is 334. The van der Waals surface area contributed by atoms with Gasteiger partial charge in [-0.1, -0.05) is 0 Å². The van der Waals surface area contributed by atoms with Crippen molar-refractivity contribution in [3.8, 4) is 0 Å². The van der Waals surface area contributed by atoms with Gasteiger partial charge in [0.2, 0.25) is 5.91 Å². The summed E-state index contributed by atoms with van der Waals surface area (Å²) in [5.74, 6) is 0.586. The number of piperidine rings is 1. The fourth-order valence-corrected chi connectivity index (χ4v) is 2.47. The number of carbonyl (C=O) groups excluding carboxylic acids is 2. The molecule has 0 aromatic carbocycles. The van der Waals surface area contributed by atoms with Crippen molar-refractivity contribution in [1.29, 1.82) is 0 Å². The van der Waals surface area contributed by atoms with Crippen LogP contribution >= 0.6 is 12.4 Å². The van der Waals surface area contributed by atoms with Crippen molar-refractivity contribution in [3.63, 3.8) is 0 Å². The van der Waals surface area contributed by atoms with Crippen LogP contribution in [0.3, 0.4) is 0 Å². The molecule has 0 aromatic rings. The largest absolute Gasteiger partial charge is 0.466 e. The van der Waals surface area contributed by atoms with E-state index in [1.165, 1.54) is 12.8 Å². The van der Waals surface area contributed by atoms with Crippen LogP contribution in [-0.2, 0) is 14.3 Å². The third-order valence-electron chi connectivity index (χ3n) is 3.80. The van der Waals surface area contributed by atoms with Crippen molar-refractivity contribution in [2.45, 2.75) is 32.6 Å². The molecule has 5 nitrogen and oxygen atoms in total. The van der Waals surface area contributed by atoms with Crippen LogP contribution in [0.4, 0.5) is 0 Å². The summed E-state index contributed by atoms with van der Waals surface area (Å²) in [5, 5.41) is 3.21. The highest BCUT2D eigenvalue weighted by molar-refractivity contribution is 5.85. The number of nitrogens with zero attached hydrogens (tertiary/aromatic N) is 1. The van der Waals surface area contributed by atoms with Gasteiger partial charge in [0.25, 0.3) is 0 Å². The third kappa shape index (κ3) is 5.29. The smallest absolute Gasteiger partial charge is 0.310 e. The summed E-state index contributed by atoms with van der Waals surface area (Å²) < 4.78 is 5.04. The molecule has 6 heteroatoms. The zero-order valence-corrected chi connectivity index (χ0v) is 12.9. The normalized spacial score (nSPS) is 22.1. The molecule has 1 saturated heterocycles. The van der Waals surface area contributed by atoms with Crippen molar-refractivity contribution in [1.82, 2.24) is 10.2 Å². The van der Waals surface area contributed by atoms with Crippen LogP contribution in [0.15, 0.2) is 0 Å². The van der Waals surface area contributed by atoms with E-state index in [0.717, 1.165) is 31.8 Å². The maximum atomic E-state index is 12.0. The summed E-state index contributed by atoms with van der Waals surface area (Å²) in [6.07, 6.45) is 4.29. The highest BCUT2D eigenvalue weighted by Crippen LogP contribution is 2.27. The first kappa shape index (κ1) is 17.2. The zero-order valence-electron chi connectivity index (χ0n) is 12.1. The molecular weight excluding hydrogens is 280 g/mol. The number of nitrogens with one attached hydrogen (secondary N) is 1. The first-order valence-corrected chi connectivity index (χ1v) is 7.35. The molecule has 2 rings (SSSR count). The number of hydrogen-bond donors (Lipinski definition) is 1. The van der Waals surface area contributed by atoms with Crippen LogP contribution in [-0.4, -0.2) is 49.6 Å². The van der Waals surface area contributed by atoms with Crippen LogP contribution in [0.1, 0.15) is 32.6 Å². The number of rotatable bonds is 6. The molecule has 0 aromatic heterocycles. The summed E-state index contributed by atoms with van der Waals surface area (Å²) in [5.41, 5.74) is 0. The number of hydrogen-bond acceptors (Lipinski definition) is 4. The van der Waals surface area contributed by atoms with E-state index in [-0.39, 0.29) is 30.2 Å². The SMILES string of the molecule is CCOC(=O)C1CCCN(C(=O)CNCC2CC2)C1.Cl. The average molecular weight is 305 g/mol. The highest BCUT2D eigenvalue weighted by Gasteiger charge is 2.29. The minimum atomic E-state index is -0.161. The molecule has 20 heavy (non-hydrogen) atoms. The van der Waals surface area contributed by atoms with Crippen LogP contribution < -0.4 is 5.32 Å². The number of amides is 1. The lowest BCUT2D eigenvalue weighted by Crippen LogP contribution is -2.46. The second-order valence-corrected chi connectivity index (χ2v) is 5.51. The minimum Gasteiger partial charge on any atom is -0.466 e. The average Bonchev–Trinajstić information content (AvgIpc) is 3.23. The zero-order chi connectivity index (χ0) is 13.7. The third-order valence-corrected chi connectivity index (χ3v) is 3.80. The van der Waals surface area contributed by atoms with Gasteiger partial charge in [-0.05, 0) is 45.1 Å². The van der Waals surface area contributed by atoms with Gasteiger partial charge in [0.05, 0.1) is 19.1 Å². The molecule has 1 aliphatic carbocycles. The van der Waals surface area contributed by atoms with Crippen molar-refractivity contribution >= 4 is 24.3 Å². The molecule has 2 fully saturated rings. The Morgan fingerprint density at radius 2 is 2.05 bits per heavy atom. The second-order valence-electron chi connectivity index (χ2n) is 5.51. The van der Waals surface area contributed by atoms with E-state index in [1.807, 2.05) is 6.92 Å². The Hall–Kier alpha value is -0.810. The van der Waals surface area contributed by atoms with Crippen LogP contribution in [0.5, 0.6) is 0 Å². The van der Waals surface area contributed by atoms with Crippen LogP contribution in [0, 0.1) is 11.8 Å². The molecule has 1 amide bonds. The number of halogens is 1. The van der Waals surface area contributed by atoms with Gasteiger partial charge in [-0.25, -0.2) is 0 Å². The van der Waals surface area contributed by atoms with Crippen LogP contribution in [0.25, 0.3) is 0 Å². The fourth-order valence-electron chi connectivity index (χ4n) is 2.47. The number of likely N-dealkylation sites (tertiary alicyclic amines) is 1. The van der Waals surface area contributed by atoms with Gasteiger partial charge in [0, 0.05) is 13.1 Å². The molecule has 2 aliphatic rings. The molecule has 1 saturated carbocycles. The van der Waals surface area contributed by atoms with E-state index >= 15 is 0 Å². The minimum absolute atomic E-state index is 0. The standard InChI is InChI=1S/C14H24N2O3.ClH/c1-2-19-14(18)12-4-3-7-16(10-12)13(17)9-15-8-11-5-6-11;/h11-12,15H,2-10H2,1H3;1H. The summed E-state index contributed by atoms with van der Waals surface area (Å²) in [6.45, 7) is 4.84. The van der Waals surface area contributed by atoms with E-state index in [9.17, 15) is 9.59 Å². The van der Waals surface area contributed by atoms with Gasteiger partial charge in [-0.2, -0.15) is 0 Å². The second kappa shape index (κ2) is 8.47. The Balaban J connectivity index is 0.00000200. The lowest BCUT2D eigenvalue weighted by molar-refractivity contribution is -0.151. The van der Waals surface area contributed by atoms with Crippen molar-refractivity contribution < 1.29 is 14.3 Å². The van der Waals surface area contributed by atoms with Gasteiger partial charge in [-0.3, -0.25) is 9.59 Å². The Morgan fingerprint density at radius 3 is 2.70 bits per heavy atom. The van der Waals surface area contributed by atoms with E-state index in [2.05, 4.69) is 5.32 Å². The molecule has 0 radical (unpaired) electrons. The van der Waals surface area contributed by atoms with E-state index in [1.54, 1.807) is 4.90 Å². The summed E-state index contributed by atoms with van der Waals surface area (Å²) in [6, 6.07) is 0. The summed E-state index contributed by atoms with van der Waals surface area (Å²) >= 11 is 0. The molecule has 0 spiro atoms. The van der Waals surface area contributed by atoms with Crippen molar-refractivity contribution in [2.75, 3.05) is 32.8 Å². The lowest BCUT2D eigenvalue weighted by atomic mass is 9.98. The summed E-state index contributed by atoms with van der Waals surface area (Å²) in [7, 11) is 0. The topological polar surface area (TPSA) is 58.6 Å². The van der Waals surface area contributed by atoms with Crippen molar-refractivity contribution in [2.24, 2.45) is 11.8 Å². The van der Waals surface area contributed by atoms with Crippen molar-refractivity contribution in [3.05, 3.63) is 0 Å². The first-order valence-electron chi connectivity index (χ1n) is 7.35. The highest BCUT2D eigenvalue weighted by atomic mass is 35.5. The first-order chi connectivity index (χ1) is 9.20. The fraction of sp³-hybridized carbons (Fsp3) is 0.857. The van der Waals surface area contributed by atoms with E-state index in [0.29, 0.717) is 19.7 Å². The van der Waals surface area contributed by atoms with Gasteiger partial charge < -0.3 is 15.0 Å².